The van der Waals surface area contributed by atoms with Gasteiger partial charge in [-0.2, -0.15) is 0 Å². The van der Waals surface area contributed by atoms with E-state index in [1.54, 1.807) is 18.2 Å². The van der Waals surface area contributed by atoms with E-state index in [0.717, 1.165) is 17.2 Å². The lowest BCUT2D eigenvalue weighted by molar-refractivity contribution is 0.0977. The van der Waals surface area contributed by atoms with Crippen molar-refractivity contribution in [3.8, 4) is 11.5 Å². The molecule has 0 bridgehead atoms. The molecular formula is C22H19BrN2O3S. The van der Waals surface area contributed by atoms with Crippen LogP contribution < -0.4 is 20.1 Å². The number of thiocarbonyl (C=S) groups is 1. The molecule has 3 rings (SSSR count). The molecule has 0 fully saturated rings. The van der Waals surface area contributed by atoms with Gasteiger partial charge in [-0.05, 0) is 76.7 Å². The Labute approximate surface area is 183 Å². The van der Waals surface area contributed by atoms with Gasteiger partial charge in [-0.3, -0.25) is 10.1 Å². The Kier molecular flexibility index (Phi) is 7.61. The van der Waals surface area contributed by atoms with Crippen LogP contribution in [0.2, 0.25) is 0 Å². The van der Waals surface area contributed by atoms with E-state index in [-0.39, 0.29) is 11.0 Å². The fourth-order valence-corrected chi connectivity index (χ4v) is 3.12. The summed E-state index contributed by atoms with van der Waals surface area (Å²) >= 11 is 8.57. The number of para-hydroxylation sites is 1. The first-order valence-corrected chi connectivity index (χ1v) is 10.1. The third-order valence-electron chi connectivity index (χ3n) is 3.82. The molecular weight excluding hydrogens is 452 g/mol. The Morgan fingerprint density at radius 2 is 1.41 bits per heavy atom. The lowest BCUT2D eigenvalue weighted by atomic mass is 10.2. The second-order valence-electron chi connectivity index (χ2n) is 5.92. The van der Waals surface area contributed by atoms with Gasteiger partial charge in [-0.25, -0.2) is 0 Å². The van der Waals surface area contributed by atoms with Crippen LogP contribution in [-0.4, -0.2) is 24.2 Å². The minimum absolute atomic E-state index is 0.218. The first-order valence-electron chi connectivity index (χ1n) is 8.89. The molecule has 0 unspecified atom stereocenters. The molecule has 3 aromatic carbocycles. The van der Waals surface area contributed by atoms with Gasteiger partial charge in [0.25, 0.3) is 5.91 Å². The molecule has 0 aliphatic carbocycles. The van der Waals surface area contributed by atoms with Crippen molar-refractivity contribution in [2.24, 2.45) is 0 Å². The molecule has 1 amide bonds. The summed E-state index contributed by atoms with van der Waals surface area (Å²) in [5, 5.41) is 5.86. The van der Waals surface area contributed by atoms with Gasteiger partial charge >= 0.3 is 0 Å². The number of ether oxygens (including phenoxy) is 2. The van der Waals surface area contributed by atoms with Crippen molar-refractivity contribution in [1.82, 2.24) is 5.32 Å². The summed E-state index contributed by atoms with van der Waals surface area (Å²) < 4.78 is 12.0. The van der Waals surface area contributed by atoms with Crippen LogP contribution in [0.25, 0.3) is 0 Å². The molecule has 0 aliphatic heterocycles. The highest BCUT2D eigenvalue weighted by Crippen LogP contribution is 2.17. The van der Waals surface area contributed by atoms with Gasteiger partial charge in [0.15, 0.2) is 5.11 Å². The van der Waals surface area contributed by atoms with Gasteiger partial charge < -0.3 is 14.8 Å². The average molecular weight is 471 g/mol. The number of rotatable bonds is 7. The highest BCUT2D eigenvalue weighted by Gasteiger charge is 2.10. The number of carbonyl (C=O) groups excluding carboxylic acids is 1. The van der Waals surface area contributed by atoms with E-state index < -0.39 is 0 Å². The topological polar surface area (TPSA) is 59.6 Å². The number of benzene rings is 3. The fourth-order valence-electron chi connectivity index (χ4n) is 2.45. The SMILES string of the molecule is O=C(NC(=S)Nc1ccc(OCCOc2ccccc2)cc1)c1ccccc1Br. The van der Waals surface area contributed by atoms with Crippen LogP contribution in [0.5, 0.6) is 11.5 Å². The molecule has 0 aliphatic rings. The second-order valence-corrected chi connectivity index (χ2v) is 7.19. The summed E-state index contributed by atoms with van der Waals surface area (Å²) in [6, 6.07) is 24.0. The number of amides is 1. The number of anilines is 1. The third kappa shape index (κ3) is 6.58. The average Bonchev–Trinajstić information content (AvgIpc) is 2.73. The number of carbonyl (C=O) groups is 1. The summed E-state index contributed by atoms with van der Waals surface area (Å²) in [5.74, 6) is 1.25. The smallest absolute Gasteiger partial charge is 0.258 e. The summed E-state index contributed by atoms with van der Waals surface area (Å²) in [7, 11) is 0. The maximum absolute atomic E-state index is 12.3. The van der Waals surface area contributed by atoms with Gasteiger partial charge in [-0.1, -0.05) is 30.3 Å². The van der Waals surface area contributed by atoms with Gasteiger partial charge in [-0.15, -0.1) is 0 Å². The van der Waals surface area contributed by atoms with E-state index in [2.05, 4.69) is 26.6 Å². The van der Waals surface area contributed by atoms with E-state index in [1.165, 1.54) is 0 Å². The Balaban J connectivity index is 1.43. The Hall–Kier alpha value is -2.90. The predicted octanol–water partition coefficient (Wildman–Crippen LogP) is 5.03. The van der Waals surface area contributed by atoms with Crippen molar-refractivity contribution in [3.63, 3.8) is 0 Å². The zero-order valence-electron chi connectivity index (χ0n) is 15.4. The molecule has 0 atom stereocenters. The summed E-state index contributed by atoms with van der Waals surface area (Å²) in [5.41, 5.74) is 1.26. The number of nitrogens with one attached hydrogen (secondary N) is 2. The molecule has 148 valence electrons. The van der Waals surface area contributed by atoms with Crippen molar-refractivity contribution < 1.29 is 14.3 Å². The highest BCUT2D eigenvalue weighted by molar-refractivity contribution is 9.10. The Morgan fingerprint density at radius 3 is 2.07 bits per heavy atom. The molecule has 0 aromatic heterocycles. The van der Waals surface area contributed by atoms with Crippen LogP contribution in [0.4, 0.5) is 5.69 Å². The quantitative estimate of drug-likeness (QED) is 0.374. The van der Waals surface area contributed by atoms with E-state index in [0.29, 0.717) is 23.2 Å². The number of hydrogen-bond donors (Lipinski definition) is 2. The van der Waals surface area contributed by atoms with E-state index >= 15 is 0 Å². The molecule has 0 spiro atoms. The molecule has 0 saturated heterocycles. The van der Waals surface area contributed by atoms with Crippen molar-refractivity contribution in [3.05, 3.63) is 88.9 Å². The van der Waals surface area contributed by atoms with Gasteiger partial charge in [0.05, 0.1) is 5.56 Å². The predicted molar refractivity (Wildman–Crippen MR) is 122 cm³/mol. The zero-order chi connectivity index (χ0) is 20.5. The third-order valence-corrected chi connectivity index (χ3v) is 4.72. The highest BCUT2D eigenvalue weighted by atomic mass is 79.9. The van der Waals surface area contributed by atoms with Crippen LogP contribution in [0.1, 0.15) is 10.4 Å². The largest absolute Gasteiger partial charge is 0.490 e. The van der Waals surface area contributed by atoms with E-state index in [4.69, 9.17) is 21.7 Å². The van der Waals surface area contributed by atoms with Crippen molar-refractivity contribution in [2.75, 3.05) is 18.5 Å². The number of hydrogen-bond acceptors (Lipinski definition) is 4. The molecule has 29 heavy (non-hydrogen) atoms. The fraction of sp³-hybridized carbons (Fsp3) is 0.0909. The van der Waals surface area contributed by atoms with Gasteiger partial charge in [0, 0.05) is 10.2 Å². The summed E-state index contributed by atoms with van der Waals surface area (Å²) in [4.78, 5) is 12.3. The van der Waals surface area contributed by atoms with Gasteiger partial charge in [0.1, 0.15) is 24.7 Å². The second kappa shape index (κ2) is 10.6. The van der Waals surface area contributed by atoms with E-state index in [9.17, 15) is 4.79 Å². The lowest BCUT2D eigenvalue weighted by Gasteiger charge is -2.11. The number of halogens is 1. The normalized spacial score (nSPS) is 10.1. The first-order chi connectivity index (χ1) is 14.1. The molecule has 3 aromatic rings. The molecule has 5 nitrogen and oxygen atoms in total. The van der Waals surface area contributed by atoms with Crippen LogP contribution in [0, 0.1) is 0 Å². The van der Waals surface area contributed by atoms with Crippen LogP contribution in [-0.2, 0) is 0 Å². The lowest BCUT2D eigenvalue weighted by Crippen LogP contribution is -2.34. The molecule has 7 heteroatoms. The van der Waals surface area contributed by atoms with Crippen molar-refractivity contribution in [1.29, 1.82) is 0 Å². The maximum Gasteiger partial charge on any atom is 0.258 e. The minimum atomic E-state index is -0.284. The molecule has 0 saturated carbocycles. The van der Waals surface area contributed by atoms with Crippen molar-refractivity contribution in [2.45, 2.75) is 0 Å². The molecule has 0 heterocycles. The van der Waals surface area contributed by atoms with Crippen LogP contribution >= 0.6 is 28.1 Å². The van der Waals surface area contributed by atoms with E-state index in [1.807, 2.05) is 60.7 Å². The van der Waals surface area contributed by atoms with Gasteiger partial charge in [0.2, 0.25) is 0 Å². The Morgan fingerprint density at radius 1 is 0.828 bits per heavy atom. The van der Waals surface area contributed by atoms with Crippen LogP contribution in [0.15, 0.2) is 83.3 Å². The van der Waals surface area contributed by atoms with Crippen molar-refractivity contribution >= 4 is 44.9 Å². The first kappa shape index (κ1) is 20.8. The Bertz CT molecular complexity index is 965. The summed E-state index contributed by atoms with van der Waals surface area (Å²) in [6.45, 7) is 0.886. The molecule has 2 N–H and O–H groups in total. The maximum atomic E-state index is 12.3. The molecule has 0 radical (unpaired) electrons. The minimum Gasteiger partial charge on any atom is -0.490 e. The summed E-state index contributed by atoms with van der Waals surface area (Å²) in [6.07, 6.45) is 0. The zero-order valence-corrected chi connectivity index (χ0v) is 17.8. The van der Waals surface area contributed by atoms with Crippen LogP contribution in [0.3, 0.4) is 0 Å². The standard InChI is InChI=1S/C22H19BrN2O3S/c23-20-9-5-4-8-19(20)21(26)25-22(29)24-16-10-12-18(13-11-16)28-15-14-27-17-6-2-1-3-7-17/h1-13H,14-15H2,(H2,24,25,26,29). The monoisotopic (exact) mass is 470 g/mol.